The Morgan fingerprint density at radius 1 is 1.39 bits per heavy atom. The number of hydrazone groups is 1. The number of carbonyl (C=O) groups is 2. The zero-order chi connectivity index (χ0) is 17.1. The molecule has 1 heterocycles. The Labute approximate surface area is 128 Å². The van der Waals surface area contributed by atoms with Crippen molar-refractivity contribution < 1.29 is 29.8 Å². The lowest BCUT2D eigenvalue weighted by Gasteiger charge is -2.09. The minimum absolute atomic E-state index is 0.152. The van der Waals surface area contributed by atoms with Crippen LogP contribution in [0.5, 0.6) is 0 Å². The summed E-state index contributed by atoms with van der Waals surface area (Å²) in [5.41, 5.74) is -0.665. The molecule has 0 fully saturated rings. The summed E-state index contributed by atoms with van der Waals surface area (Å²) in [4.78, 5) is 37.1. The van der Waals surface area contributed by atoms with Gasteiger partial charge in [0.15, 0.2) is 5.71 Å². The van der Waals surface area contributed by atoms with Crippen molar-refractivity contribution in [2.75, 3.05) is 0 Å². The summed E-state index contributed by atoms with van der Waals surface area (Å²) in [7, 11) is 0. The van der Waals surface area contributed by atoms with Gasteiger partial charge in [-0.2, -0.15) is 10.1 Å². The van der Waals surface area contributed by atoms with Crippen molar-refractivity contribution in [3.63, 3.8) is 0 Å². The maximum absolute atomic E-state index is 12.1. The van der Waals surface area contributed by atoms with Crippen LogP contribution in [0.15, 0.2) is 47.4 Å². The minimum atomic E-state index is -1.47. The van der Waals surface area contributed by atoms with E-state index < -0.39 is 28.4 Å². The molecule has 1 amide bonds. The first kappa shape index (κ1) is 15.9. The third-order valence-electron chi connectivity index (χ3n) is 2.84. The fourth-order valence-electron chi connectivity index (χ4n) is 1.77. The highest BCUT2D eigenvalue weighted by atomic mass is 17.1. The Morgan fingerprint density at radius 2 is 2.00 bits per heavy atom. The smallest absolute Gasteiger partial charge is 0.357 e. The highest BCUT2D eigenvalue weighted by Crippen LogP contribution is 2.23. The van der Waals surface area contributed by atoms with E-state index in [2.05, 4.69) is 16.6 Å². The Balaban J connectivity index is 2.41. The van der Waals surface area contributed by atoms with Crippen molar-refractivity contribution in [1.82, 2.24) is 5.01 Å². The number of carboxylic acids is 1. The molecule has 0 aliphatic carbocycles. The minimum Gasteiger partial charge on any atom is -0.476 e. The Kier molecular flexibility index (Phi) is 4.18. The van der Waals surface area contributed by atoms with E-state index in [9.17, 15) is 19.7 Å². The number of amides is 1. The lowest BCUT2D eigenvalue weighted by Crippen LogP contribution is -2.22. The van der Waals surface area contributed by atoms with Gasteiger partial charge in [-0.25, -0.2) is 10.1 Å². The summed E-state index contributed by atoms with van der Waals surface area (Å²) in [6.07, 6.45) is 1.20. The van der Waals surface area contributed by atoms with Gasteiger partial charge in [0.2, 0.25) is 0 Å². The normalized spacial score (nSPS) is 15.5. The SMILES string of the molecule is C=C(OO)N1N=C(C(=O)O)C(=Cc2ccc([N+](=O)[O-])cc2)C1=O. The second kappa shape index (κ2) is 6.07. The number of rotatable bonds is 5. The Hall–Kier alpha value is -3.53. The zero-order valence-electron chi connectivity index (χ0n) is 11.4. The highest BCUT2D eigenvalue weighted by molar-refractivity contribution is 6.51. The first-order valence-corrected chi connectivity index (χ1v) is 5.98. The van der Waals surface area contributed by atoms with Gasteiger partial charge in [-0.15, -0.1) is 0 Å². The molecule has 1 aromatic rings. The lowest BCUT2D eigenvalue weighted by atomic mass is 10.1. The molecule has 0 bridgehead atoms. The van der Waals surface area contributed by atoms with E-state index in [0.29, 0.717) is 10.6 Å². The van der Waals surface area contributed by atoms with Gasteiger partial charge in [0.25, 0.3) is 17.5 Å². The third kappa shape index (κ3) is 3.06. The molecular formula is C13H9N3O7. The zero-order valence-corrected chi connectivity index (χ0v) is 11.4. The van der Waals surface area contributed by atoms with Crippen LogP contribution in [-0.2, 0) is 14.5 Å². The topological polar surface area (TPSA) is 143 Å². The van der Waals surface area contributed by atoms with Crippen LogP contribution >= 0.6 is 0 Å². The summed E-state index contributed by atoms with van der Waals surface area (Å²) < 4.78 is 0. The van der Waals surface area contributed by atoms with E-state index >= 15 is 0 Å². The van der Waals surface area contributed by atoms with Gasteiger partial charge in [0.1, 0.15) is 0 Å². The average Bonchev–Trinajstić information content (AvgIpc) is 2.84. The van der Waals surface area contributed by atoms with Crippen LogP contribution in [0.1, 0.15) is 5.56 Å². The van der Waals surface area contributed by atoms with E-state index in [-0.39, 0.29) is 11.3 Å². The molecule has 2 rings (SSSR count). The molecule has 1 aliphatic rings. The first-order valence-electron chi connectivity index (χ1n) is 5.98. The molecule has 0 atom stereocenters. The number of nitro benzene ring substituents is 1. The van der Waals surface area contributed by atoms with Crippen LogP contribution in [0.4, 0.5) is 5.69 Å². The molecule has 0 aromatic heterocycles. The molecular weight excluding hydrogens is 310 g/mol. The van der Waals surface area contributed by atoms with Gasteiger partial charge >= 0.3 is 5.97 Å². The predicted molar refractivity (Wildman–Crippen MR) is 75.8 cm³/mol. The first-order chi connectivity index (χ1) is 10.8. The predicted octanol–water partition coefficient (Wildman–Crippen LogP) is 1.22. The van der Waals surface area contributed by atoms with Crippen LogP contribution < -0.4 is 0 Å². The molecule has 0 unspecified atom stereocenters. The molecule has 0 saturated carbocycles. The lowest BCUT2D eigenvalue weighted by molar-refractivity contribution is -0.384. The van der Waals surface area contributed by atoms with Crippen LogP contribution in [0.3, 0.4) is 0 Å². The summed E-state index contributed by atoms with van der Waals surface area (Å²) in [6.45, 7) is 3.20. The van der Waals surface area contributed by atoms with Crippen molar-refractivity contribution in [3.05, 3.63) is 58.0 Å². The van der Waals surface area contributed by atoms with Gasteiger partial charge in [0.05, 0.1) is 10.5 Å². The maximum atomic E-state index is 12.1. The Bertz CT molecular complexity index is 764. The van der Waals surface area contributed by atoms with Crippen molar-refractivity contribution in [2.24, 2.45) is 5.10 Å². The van der Waals surface area contributed by atoms with Crippen LogP contribution in [0.25, 0.3) is 6.08 Å². The van der Waals surface area contributed by atoms with Crippen LogP contribution in [0.2, 0.25) is 0 Å². The number of hydrogen-bond donors (Lipinski definition) is 2. The quantitative estimate of drug-likeness (QED) is 0.273. The van der Waals surface area contributed by atoms with Crippen molar-refractivity contribution in [3.8, 4) is 0 Å². The monoisotopic (exact) mass is 319 g/mol. The van der Waals surface area contributed by atoms with E-state index in [1.807, 2.05) is 0 Å². The summed E-state index contributed by atoms with van der Waals surface area (Å²) in [5.74, 6) is -2.92. The molecule has 10 heteroatoms. The second-order valence-corrected chi connectivity index (χ2v) is 4.26. The molecule has 0 saturated heterocycles. The number of non-ortho nitro benzene ring substituents is 1. The number of carbonyl (C=O) groups excluding carboxylic acids is 1. The van der Waals surface area contributed by atoms with E-state index in [1.54, 1.807) is 0 Å². The number of aliphatic carboxylic acids is 1. The van der Waals surface area contributed by atoms with Gasteiger partial charge in [-0.1, -0.05) is 0 Å². The third-order valence-corrected chi connectivity index (χ3v) is 2.84. The number of carboxylic acid groups (broad SMARTS) is 1. The molecule has 2 N–H and O–H groups in total. The molecule has 23 heavy (non-hydrogen) atoms. The highest BCUT2D eigenvalue weighted by Gasteiger charge is 2.36. The van der Waals surface area contributed by atoms with Crippen molar-refractivity contribution in [1.29, 1.82) is 0 Å². The Morgan fingerprint density at radius 3 is 2.48 bits per heavy atom. The van der Waals surface area contributed by atoms with E-state index in [4.69, 9.17) is 10.4 Å². The van der Waals surface area contributed by atoms with Gasteiger partial charge in [-0.05, 0) is 30.4 Å². The summed E-state index contributed by atoms with van der Waals surface area (Å²) in [5, 5.41) is 32.2. The summed E-state index contributed by atoms with van der Waals surface area (Å²) >= 11 is 0. The number of nitrogens with zero attached hydrogens (tertiary/aromatic N) is 3. The van der Waals surface area contributed by atoms with Gasteiger partial charge in [-0.3, -0.25) is 14.9 Å². The van der Waals surface area contributed by atoms with Crippen LogP contribution in [0, 0.1) is 10.1 Å². The standard InChI is InChI=1S/C13H9N3O7/c1-7(23-22)15-12(17)10(11(14-15)13(18)19)6-8-2-4-9(5-3-8)16(20)21/h2-6,22H,1H2,(H,18,19). The second-order valence-electron chi connectivity index (χ2n) is 4.26. The van der Waals surface area contributed by atoms with Crippen LogP contribution in [-0.4, -0.2) is 37.9 Å². The molecule has 0 spiro atoms. The number of benzene rings is 1. The van der Waals surface area contributed by atoms with Gasteiger partial charge < -0.3 is 9.99 Å². The van der Waals surface area contributed by atoms with Crippen molar-refractivity contribution >= 4 is 29.4 Å². The molecule has 0 radical (unpaired) electrons. The fraction of sp³-hybridized carbons (Fsp3) is 0. The molecule has 1 aliphatic heterocycles. The molecule has 1 aromatic carbocycles. The summed E-state index contributed by atoms with van der Waals surface area (Å²) in [6, 6.07) is 5.10. The van der Waals surface area contributed by atoms with E-state index in [1.165, 1.54) is 30.3 Å². The number of nitro groups is 1. The van der Waals surface area contributed by atoms with Crippen molar-refractivity contribution in [2.45, 2.75) is 0 Å². The van der Waals surface area contributed by atoms with E-state index in [0.717, 1.165) is 0 Å². The largest absolute Gasteiger partial charge is 0.476 e. The fourth-order valence-corrected chi connectivity index (χ4v) is 1.77. The average molecular weight is 319 g/mol. The molecule has 118 valence electrons. The number of hydrogen-bond acceptors (Lipinski definition) is 7. The molecule has 10 nitrogen and oxygen atoms in total. The van der Waals surface area contributed by atoms with Gasteiger partial charge in [0, 0.05) is 12.1 Å². The maximum Gasteiger partial charge on any atom is 0.357 e.